The lowest BCUT2D eigenvalue weighted by atomic mass is 9.92. The summed E-state index contributed by atoms with van der Waals surface area (Å²) in [6, 6.07) is 4.46. The number of fused-ring (bicyclic) bond motifs is 1. The van der Waals surface area contributed by atoms with Crippen molar-refractivity contribution in [3.05, 3.63) is 56.5 Å². The van der Waals surface area contributed by atoms with Crippen LogP contribution in [0.2, 0.25) is 0 Å². The van der Waals surface area contributed by atoms with Crippen LogP contribution >= 0.6 is 0 Å². The highest BCUT2D eigenvalue weighted by Crippen LogP contribution is 2.27. The summed E-state index contributed by atoms with van der Waals surface area (Å²) in [6.45, 7) is 7.01. The molecule has 1 aliphatic heterocycles. The second-order valence-corrected chi connectivity index (χ2v) is 6.15. The summed E-state index contributed by atoms with van der Waals surface area (Å²) in [5.74, 6) is -0.190. The van der Waals surface area contributed by atoms with Crippen LogP contribution in [-0.4, -0.2) is 16.8 Å². The predicted molar refractivity (Wildman–Crippen MR) is 91.8 cm³/mol. The van der Waals surface area contributed by atoms with Gasteiger partial charge in [-0.05, 0) is 50.3 Å². The highest BCUT2D eigenvalue weighted by Gasteiger charge is 2.31. The van der Waals surface area contributed by atoms with Gasteiger partial charge in [0.25, 0.3) is 5.56 Å². The number of aromatic nitrogens is 1. The Bertz CT molecular complexity index is 969. The number of hydrogen-bond acceptors (Lipinski definition) is 3. The standard InChI is InChI=1S/C18H19N3O3/c1-8-5-6-12-7-13(17(23)20-15(12)9(8)2)16-14(11(4)22)10(3)19-18(24)21-16/h5-7,16H,1-4H3,(H,20,23)(H2,19,21,24)/t16-/m1/s1. The highest BCUT2D eigenvalue weighted by atomic mass is 16.2. The van der Waals surface area contributed by atoms with E-state index in [1.54, 1.807) is 13.0 Å². The van der Waals surface area contributed by atoms with Gasteiger partial charge in [0, 0.05) is 16.8 Å². The molecule has 1 aromatic heterocycles. The molecule has 3 rings (SSSR count). The summed E-state index contributed by atoms with van der Waals surface area (Å²) >= 11 is 0. The third-order valence-electron chi connectivity index (χ3n) is 4.54. The van der Waals surface area contributed by atoms with E-state index in [2.05, 4.69) is 15.6 Å². The topological polar surface area (TPSA) is 91.1 Å². The van der Waals surface area contributed by atoms with E-state index in [9.17, 15) is 14.4 Å². The van der Waals surface area contributed by atoms with Crippen LogP contribution in [0.15, 0.2) is 34.3 Å². The Morgan fingerprint density at radius 1 is 1.12 bits per heavy atom. The summed E-state index contributed by atoms with van der Waals surface area (Å²) < 4.78 is 0. The van der Waals surface area contributed by atoms with Crippen molar-refractivity contribution < 1.29 is 9.59 Å². The zero-order valence-electron chi connectivity index (χ0n) is 14.0. The fourth-order valence-electron chi connectivity index (χ4n) is 3.15. The molecule has 1 aromatic carbocycles. The first-order chi connectivity index (χ1) is 11.3. The molecule has 2 amide bonds. The molecule has 0 bridgehead atoms. The van der Waals surface area contributed by atoms with Crippen molar-refractivity contribution in [1.29, 1.82) is 0 Å². The number of hydrogen-bond donors (Lipinski definition) is 3. The number of carbonyl (C=O) groups is 2. The van der Waals surface area contributed by atoms with Gasteiger partial charge in [0.1, 0.15) is 0 Å². The van der Waals surface area contributed by atoms with E-state index in [4.69, 9.17) is 0 Å². The molecule has 24 heavy (non-hydrogen) atoms. The number of amides is 2. The van der Waals surface area contributed by atoms with Crippen LogP contribution in [-0.2, 0) is 4.79 Å². The van der Waals surface area contributed by atoms with Gasteiger partial charge in [-0.15, -0.1) is 0 Å². The Morgan fingerprint density at radius 2 is 1.83 bits per heavy atom. The van der Waals surface area contributed by atoms with Gasteiger partial charge < -0.3 is 15.6 Å². The zero-order chi connectivity index (χ0) is 17.6. The minimum absolute atomic E-state index is 0.190. The van der Waals surface area contributed by atoms with Gasteiger partial charge in [0.05, 0.1) is 11.6 Å². The minimum atomic E-state index is -0.758. The number of aromatic amines is 1. The van der Waals surface area contributed by atoms with E-state index in [1.165, 1.54) is 6.92 Å². The third kappa shape index (κ3) is 2.50. The fourth-order valence-corrected chi connectivity index (χ4v) is 3.15. The lowest BCUT2D eigenvalue weighted by Crippen LogP contribution is -2.46. The Kier molecular flexibility index (Phi) is 3.75. The van der Waals surface area contributed by atoms with Crippen LogP contribution in [0.5, 0.6) is 0 Å². The molecule has 0 aliphatic carbocycles. The third-order valence-corrected chi connectivity index (χ3v) is 4.54. The molecule has 2 aromatic rings. The van der Waals surface area contributed by atoms with Crippen LogP contribution in [0, 0.1) is 13.8 Å². The molecule has 0 radical (unpaired) electrons. The maximum atomic E-state index is 12.6. The molecule has 0 saturated carbocycles. The lowest BCUT2D eigenvalue weighted by molar-refractivity contribution is -0.114. The van der Waals surface area contributed by atoms with Crippen molar-refractivity contribution in [2.75, 3.05) is 0 Å². The van der Waals surface area contributed by atoms with Gasteiger partial charge >= 0.3 is 6.03 Å². The quantitative estimate of drug-likeness (QED) is 0.791. The number of H-pyrrole nitrogens is 1. The number of ketones is 1. The number of Topliss-reactive ketones (excluding diaryl/α,β-unsaturated/α-hetero) is 1. The fraction of sp³-hybridized carbons (Fsp3) is 0.278. The molecule has 3 N–H and O–H groups in total. The summed E-state index contributed by atoms with van der Waals surface area (Å²) in [5.41, 5.74) is 3.76. The van der Waals surface area contributed by atoms with E-state index in [-0.39, 0.29) is 11.3 Å². The Labute approximate surface area is 139 Å². The second kappa shape index (κ2) is 5.63. The molecule has 0 fully saturated rings. The number of rotatable bonds is 2. The molecule has 0 spiro atoms. The molecular weight excluding hydrogens is 306 g/mol. The van der Waals surface area contributed by atoms with Crippen molar-refractivity contribution in [3.8, 4) is 0 Å². The van der Waals surface area contributed by atoms with Crippen molar-refractivity contribution in [1.82, 2.24) is 15.6 Å². The number of pyridine rings is 1. The molecule has 124 valence electrons. The predicted octanol–water partition coefficient (Wildman–Crippen LogP) is 2.36. The van der Waals surface area contributed by atoms with Gasteiger partial charge in [0.15, 0.2) is 5.78 Å². The number of nitrogens with one attached hydrogen (secondary N) is 3. The zero-order valence-corrected chi connectivity index (χ0v) is 14.0. The van der Waals surface area contributed by atoms with Crippen LogP contribution < -0.4 is 16.2 Å². The lowest BCUT2D eigenvalue weighted by Gasteiger charge is -2.27. The van der Waals surface area contributed by atoms with Crippen molar-refractivity contribution >= 4 is 22.7 Å². The van der Waals surface area contributed by atoms with Gasteiger partial charge in [-0.3, -0.25) is 9.59 Å². The Balaban J connectivity index is 2.25. The average molecular weight is 325 g/mol. The largest absolute Gasteiger partial charge is 0.327 e. The van der Waals surface area contributed by atoms with E-state index >= 15 is 0 Å². The first-order valence-electron chi connectivity index (χ1n) is 7.72. The highest BCUT2D eigenvalue weighted by molar-refractivity contribution is 5.98. The van der Waals surface area contributed by atoms with E-state index in [0.29, 0.717) is 16.8 Å². The number of benzene rings is 1. The van der Waals surface area contributed by atoms with E-state index in [0.717, 1.165) is 22.0 Å². The Hall–Kier alpha value is -2.89. The first kappa shape index (κ1) is 16.0. The number of urea groups is 1. The normalized spacial score (nSPS) is 17.7. The summed E-state index contributed by atoms with van der Waals surface area (Å²) in [7, 11) is 0. The summed E-state index contributed by atoms with van der Waals surface area (Å²) in [6.07, 6.45) is 0. The Morgan fingerprint density at radius 3 is 2.50 bits per heavy atom. The van der Waals surface area contributed by atoms with Crippen LogP contribution in [0.4, 0.5) is 4.79 Å². The number of allylic oxidation sites excluding steroid dienone is 1. The molecule has 6 heteroatoms. The average Bonchev–Trinajstić information content (AvgIpc) is 2.50. The maximum absolute atomic E-state index is 12.6. The molecule has 0 saturated heterocycles. The summed E-state index contributed by atoms with van der Waals surface area (Å²) in [4.78, 5) is 39.3. The molecule has 1 aliphatic rings. The molecule has 6 nitrogen and oxygen atoms in total. The molecule has 2 heterocycles. The van der Waals surface area contributed by atoms with Gasteiger partial charge in [-0.1, -0.05) is 12.1 Å². The van der Waals surface area contributed by atoms with Crippen LogP contribution in [0.25, 0.3) is 10.9 Å². The maximum Gasteiger partial charge on any atom is 0.319 e. The van der Waals surface area contributed by atoms with E-state index < -0.39 is 12.1 Å². The van der Waals surface area contributed by atoms with Gasteiger partial charge in [-0.2, -0.15) is 0 Å². The second-order valence-electron chi connectivity index (χ2n) is 6.15. The summed E-state index contributed by atoms with van der Waals surface area (Å²) in [5, 5.41) is 6.12. The monoisotopic (exact) mass is 325 g/mol. The molecular formula is C18H19N3O3. The van der Waals surface area contributed by atoms with Gasteiger partial charge in [0.2, 0.25) is 0 Å². The number of carbonyl (C=O) groups excluding carboxylic acids is 2. The van der Waals surface area contributed by atoms with Crippen molar-refractivity contribution in [2.24, 2.45) is 0 Å². The first-order valence-corrected chi connectivity index (χ1v) is 7.72. The van der Waals surface area contributed by atoms with E-state index in [1.807, 2.05) is 26.0 Å². The van der Waals surface area contributed by atoms with Crippen LogP contribution in [0.3, 0.4) is 0 Å². The van der Waals surface area contributed by atoms with Crippen molar-refractivity contribution in [3.63, 3.8) is 0 Å². The van der Waals surface area contributed by atoms with Gasteiger partial charge in [-0.25, -0.2) is 4.79 Å². The smallest absolute Gasteiger partial charge is 0.319 e. The molecule has 1 atom stereocenters. The van der Waals surface area contributed by atoms with Crippen LogP contribution in [0.1, 0.15) is 36.6 Å². The minimum Gasteiger partial charge on any atom is -0.327 e. The molecule has 0 unspecified atom stereocenters. The SMILES string of the molecule is CC(=O)C1=C(C)NC(=O)N[C@@H]1c1cc2ccc(C)c(C)c2[nH]c1=O. The van der Waals surface area contributed by atoms with Crippen molar-refractivity contribution in [2.45, 2.75) is 33.7 Å². The number of aryl methyl sites for hydroxylation is 2.